The molecule has 0 aromatic heterocycles. The Kier molecular flexibility index (Phi) is 2.86. The van der Waals surface area contributed by atoms with Gasteiger partial charge < -0.3 is 4.74 Å². The molecule has 1 aromatic carbocycles. The van der Waals surface area contributed by atoms with Crippen LogP contribution in [0.15, 0.2) is 36.1 Å². The number of rotatable bonds is 2. The van der Waals surface area contributed by atoms with Crippen molar-refractivity contribution in [3.63, 3.8) is 0 Å². The van der Waals surface area contributed by atoms with Crippen LogP contribution in [0.1, 0.15) is 35.2 Å². The highest BCUT2D eigenvalue weighted by molar-refractivity contribution is 5.91. The molecular formula is C13H14O2. The number of carbonyl (C=O) groups excluding carboxylic acids is 1. The van der Waals surface area contributed by atoms with E-state index in [1.807, 2.05) is 31.2 Å². The van der Waals surface area contributed by atoms with E-state index in [1.165, 1.54) is 0 Å². The zero-order valence-electron chi connectivity index (χ0n) is 8.82. The van der Waals surface area contributed by atoms with Gasteiger partial charge in [0.1, 0.15) is 5.76 Å². The lowest BCUT2D eigenvalue weighted by molar-refractivity contribution is 0.0617. The lowest BCUT2D eigenvalue weighted by Crippen LogP contribution is -2.05. The summed E-state index contributed by atoms with van der Waals surface area (Å²) in [7, 11) is 0. The summed E-state index contributed by atoms with van der Waals surface area (Å²) >= 11 is 0. The molecule has 0 N–H and O–H groups in total. The Morgan fingerprint density at radius 3 is 2.80 bits per heavy atom. The van der Waals surface area contributed by atoms with Crippen molar-refractivity contribution >= 4 is 5.97 Å². The van der Waals surface area contributed by atoms with Gasteiger partial charge in [0.05, 0.1) is 5.56 Å². The molecule has 0 radical (unpaired) electrons. The molecule has 2 rings (SSSR count). The summed E-state index contributed by atoms with van der Waals surface area (Å²) in [5.41, 5.74) is 1.62. The van der Waals surface area contributed by atoms with E-state index in [2.05, 4.69) is 0 Å². The van der Waals surface area contributed by atoms with Crippen molar-refractivity contribution in [2.45, 2.75) is 26.2 Å². The van der Waals surface area contributed by atoms with Gasteiger partial charge in [0.15, 0.2) is 0 Å². The molecule has 0 heterocycles. The summed E-state index contributed by atoms with van der Waals surface area (Å²) in [6, 6.07) is 7.49. The Morgan fingerprint density at radius 2 is 2.13 bits per heavy atom. The Morgan fingerprint density at radius 1 is 1.33 bits per heavy atom. The first-order valence-electron chi connectivity index (χ1n) is 5.24. The summed E-state index contributed by atoms with van der Waals surface area (Å²) in [4.78, 5) is 11.8. The molecule has 0 bridgehead atoms. The lowest BCUT2D eigenvalue weighted by Gasteiger charge is -2.06. The number of aryl methyl sites for hydroxylation is 1. The zero-order valence-corrected chi connectivity index (χ0v) is 8.82. The van der Waals surface area contributed by atoms with Gasteiger partial charge >= 0.3 is 5.97 Å². The topological polar surface area (TPSA) is 26.3 Å². The molecule has 0 saturated carbocycles. The summed E-state index contributed by atoms with van der Waals surface area (Å²) in [6.45, 7) is 1.92. The SMILES string of the molecule is Cc1ccccc1C(=O)OC1=CCCC1. The van der Waals surface area contributed by atoms with E-state index in [1.54, 1.807) is 6.07 Å². The van der Waals surface area contributed by atoms with Crippen LogP contribution in [0.2, 0.25) is 0 Å². The molecule has 0 unspecified atom stereocenters. The minimum Gasteiger partial charge on any atom is -0.428 e. The third kappa shape index (κ3) is 2.27. The highest BCUT2D eigenvalue weighted by Crippen LogP contribution is 2.20. The fraction of sp³-hybridized carbons (Fsp3) is 0.308. The van der Waals surface area contributed by atoms with Crippen molar-refractivity contribution in [2.24, 2.45) is 0 Å². The van der Waals surface area contributed by atoms with Gasteiger partial charge in [-0.2, -0.15) is 0 Å². The zero-order chi connectivity index (χ0) is 10.7. The second-order valence-electron chi connectivity index (χ2n) is 3.77. The van der Waals surface area contributed by atoms with E-state index >= 15 is 0 Å². The van der Waals surface area contributed by atoms with Crippen molar-refractivity contribution in [3.8, 4) is 0 Å². The van der Waals surface area contributed by atoms with Crippen LogP contribution in [0.25, 0.3) is 0 Å². The number of hydrogen-bond acceptors (Lipinski definition) is 2. The highest BCUT2D eigenvalue weighted by Gasteiger charge is 2.14. The van der Waals surface area contributed by atoms with Crippen LogP contribution >= 0.6 is 0 Å². The highest BCUT2D eigenvalue weighted by atomic mass is 16.5. The lowest BCUT2D eigenvalue weighted by atomic mass is 10.1. The first-order valence-corrected chi connectivity index (χ1v) is 5.24. The van der Waals surface area contributed by atoms with Gasteiger partial charge in [-0.25, -0.2) is 4.79 Å². The van der Waals surface area contributed by atoms with Gasteiger partial charge in [0.2, 0.25) is 0 Å². The summed E-state index contributed by atoms with van der Waals surface area (Å²) < 4.78 is 5.30. The van der Waals surface area contributed by atoms with Crippen molar-refractivity contribution < 1.29 is 9.53 Å². The maximum atomic E-state index is 11.8. The maximum absolute atomic E-state index is 11.8. The molecule has 15 heavy (non-hydrogen) atoms. The van der Waals surface area contributed by atoms with Crippen molar-refractivity contribution in [3.05, 3.63) is 47.2 Å². The number of hydrogen-bond donors (Lipinski definition) is 0. The smallest absolute Gasteiger partial charge is 0.343 e. The quantitative estimate of drug-likeness (QED) is 0.688. The van der Waals surface area contributed by atoms with Gasteiger partial charge in [-0.15, -0.1) is 0 Å². The van der Waals surface area contributed by atoms with Crippen molar-refractivity contribution in [1.82, 2.24) is 0 Å². The molecule has 1 aliphatic carbocycles. The molecule has 0 fully saturated rings. The predicted octanol–water partition coefficient (Wildman–Crippen LogP) is 3.22. The number of carbonyl (C=O) groups is 1. The maximum Gasteiger partial charge on any atom is 0.343 e. The third-order valence-corrected chi connectivity index (χ3v) is 2.59. The van der Waals surface area contributed by atoms with Crippen molar-refractivity contribution in [2.75, 3.05) is 0 Å². The van der Waals surface area contributed by atoms with Crippen LogP contribution in [0.4, 0.5) is 0 Å². The first kappa shape index (κ1) is 9.97. The molecule has 2 heteroatoms. The minimum atomic E-state index is -0.235. The second kappa shape index (κ2) is 4.30. The molecule has 0 spiro atoms. The van der Waals surface area contributed by atoms with Crippen LogP contribution < -0.4 is 0 Å². The monoisotopic (exact) mass is 202 g/mol. The minimum absolute atomic E-state index is 0.235. The van der Waals surface area contributed by atoms with E-state index in [9.17, 15) is 4.79 Å². The molecular weight excluding hydrogens is 188 g/mol. The van der Waals surface area contributed by atoms with E-state index in [0.717, 1.165) is 30.6 Å². The summed E-state index contributed by atoms with van der Waals surface area (Å²) in [5, 5.41) is 0. The Hall–Kier alpha value is -1.57. The van der Waals surface area contributed by atoms with Gasteiger partial charge in [0.25, 0.3) is 0 Å². The van der Waals surface area contributed by atoms with E-state index in [4.69, 9.17) is 4.74 Å². The van der Waals surface area contributed by atoms with Crippen LogP contribution in [-0.4, -0.2) is 5.97 Å². The Bertz CT molecular complexity index is 405. The Balaban J connectivity index is 2.11. The van der Waals surface area contributed by atoms with Crippen LogP contribution in [-0.2, 0) is 4.74 Å². The molecule has 1 aromatic rings. The predicted molar refractivity (Wildman–Crippen MR) is 58.5 cm³/mol. The summed E-state index contributed by atoms with van der Waals surface area (Å²) in [6.07, 6.45) is 5.00. The fourth-order valence-corrected chi connectivity index (χ4v) is 1.71. The van der Waals surface area contributed by atoms with Crippen molar-refractivity contribution in [1.29, 1.82) is 0 Å². The second-order valence-corrected chi connectivity index (χ2v) is 3.77. The fourth-order valence-electron chi connectivity index (χ4n) is 1.71. The average molecular weight is 202 g/mol. The standard InChI is InChI=1S/C13H14O2/c1-10-6-2-5-9-12(10)13(14)15-11-7-3-4-8-11/h2,5-7,9H,3-4,8H2,1H3. The molecule has 0 aliphatic heterocycles. The van der Waals surface area contributed by atoms with Gasteiger partial charge in [0, 0.05) is 6.42 Å². The molecule has 78 valence electrons. The average Bonchev–Trinajstić information content (AvgIpc) is 2.71. The number of esters is 1. The Labute approximate surface area is 89.6 Å². The molecule has 1 aliphatic rings. The van der Waals surface area contributed by atoms with Crippen LogP contribution in [0.3, 0.4) is 0 Å². The molecule has 0 atom stereocenters. The number of ether oxygens (including phenoxy) is 1. The number of benzene rings is 1. The van der Waals surface area contributed by atoms with Gasteiger partial charge in [-0.1, -0.05) is 18.2 Å². The largest absolute Gasteiger partial charge is 0.428 e. The normalized spacial score (nSPS) is 14.9. The van der Waals surface area contributed by atoms with Crippen LogP contribution in [0, 0.1) is 6.92 Å². The summed E-state index contributed by atoms with van der Waals surface area (Å²) in [5.74, 6) is 0.588. The van der Waals surface area contributed by atoms with Gasteiger partial charge in [-0.05, 0) is 37.5 Å². The van der Waals surface area contributed by atoms with E-state index < -0.39 is 0 Å². The van der Waals surface area contributed by atoms with Gasteiger partial charge in [-0.3, -0.25) is 0 Å². The molecule has 0 amide bonds. The molecule has 2 nitrogen and oxygen atoms in total. The first-order chi connectivity index (χ1) is 7.27. The van der Waals surface area contributed by atoms with E-state index in [0.29, 0.717) is 5.56 Å². The van der Waals surface area contributed by atoms with Crippen LogP contribution in [0.5, 0.6) is 0 Å². The third-order valence-electron chi connectivity index (χ3n) is 2.59. The molecule has 0 saturated heterocycles. The number of allylic oxidation sites excluding steroid dienone is 2. The van der Waals surface area contributed by atoms with E-state index in [-0.39, 0.29) is 5.97 Å².